The summed E-state index contributed by atoms with van der Waals surface area (Å²) in [7, 11) is 0. The summed E-state index contributed by atoms with van der Waals surface area (Å²) in [5.74, 6) is 0. The van der Waals surface area contributed by atoms with Crippen LogP contribution < -0.4 is 11.2 Å². The molecule has 3 heteroatoms. The van der Waals surface area contributed by atoms with Gasteiger partial charge < -0.3 is 10.7 Å². The van der Waals surface area contributed by atoms with E-state index < -0.39 is 0 Å². The van der Waals surface area contributed by atoms with Crippen molar-refractivity contribution in [3.63, 3.8) is 0 Å². The van der Waals surface area contributed by atoms with Crippen molar-refractivity contribution < 1.29 is 0 Å². The van der Waals surface area contributed by atoms with Crippen molar-refractivity contribution >= 4 is 12.2 Å². The van der Waals surface area contributed by atoms with Gasteiger partial charge >= 0.3 is 0 Å². The number of H-pyrrole nitrogens is 1. The van der Waals surface area contributed by atoms with Gasteiger partial charge in [0.15, 0.2) is 5.43 Å². The lowest BCUT2D eigenvalue weighted by molar-refractivity contribution is 0.978. The third kappa shape index (κ3) is 2.54. The maximum Gasteiger partial charge on any atom is 0.189 e. The molecule has 0 saturated carbocycles. The predicted molar refractivity (Wildman–Crippen MR) is 64.3 cm³/mol. The molecule has 0 aliphatic heterocycles. The first-order valence-electron chi connectivity index (χ1n) is 4.60. The van der Waals surface area contributed by atoms with Crippen LogP contribution in [0.2, 0.25) is 0 Å². The lowest BCUT2D eigenvalue weighted by Gasteiger charge is -2.03. The Bertz CT molecular complexity index is 455. The zero-order valence-electron chi connectivity index (χ0n) is 8.49. The Labute approximate surface area is 88.6 Å². The van der Waals surface area contributed by atoms with Gasteiger partial charge in [-0.05, 0) is 12.2 Å². The molecule has 1 heterocycles. The first-order chi connectivity index (χ1) is 7.22. The van der Waals surface area contributed by atoms with Crippen LogP contribution in [0.15, 0.2) is 36.2 Å². The molecule has 0 aliphatic rings. The Hall–Kier alpha value is -1.87. The van der Waals surface area contributed by atoms with Crippen molar-refractivity contribution in [2.75, 3.05) is 0 Å². The van der Waals surface area contributed by atoms with Gasteiger partial charge in [0.05, 0.1) is 0 Å². The summed E-state index contributed by atoms with van der Waals surface area (Å²) in [5.41, 5.74) is 7.34. The molecule has 0 aliphatic carbocycles. The number of allylic oxidation sites excluding steroid dienone is 2. The Morgan fingerprint density at radius 3 is 2.73 bits per heavy atom. The normalized spacial score (nSPS) is 10.5. The van der Waals surface area contributed by atoms with Crippen LogP contribution in [-0.2, 0) is 6.54 Å². The molecule has 0 unspecified atom stereocenters. The Morgan fingerprint density at radius 1 is 1.47 bits per heavy atom. The second kappa shape index (κ2) is 5.12. The summed E-state index contributed by atoms with van der Waals surface area (Å²) < 4.78 is 0. The molecule has 3 nitrogen and oxygen atoms in total. The fourth-order valence-corrected chi connectivity index (χ4v) is 1.25. The summed E-state index contributed by atoms with van der Waals surface area (Å²) >= 11 is 0. The smallest absolute Gasteiger partial charge is 0.189 e. The SMILES string of the molecule is C=C/C=C\c1c(C=C)[nH]c(CN)cc1=O. The van der Waals surface area contributed by atoms with Crippen molar-refractivity contribution in [2.45, 2.75) is 6.54 Å². The Balaban J connectivity index is 3.37. The molecule has 0 aromatic carbocycles. The minimum Gasteiger partial charge on any atom is -0.357 e. The van der Waals surface area contributed by atoms with Gasteiger partial charge in [0.25, 0.3) is 0 Å². The highest BCUT2D eigenvalue weighted by molar-refractivity contribution is 5.62. The molecule has 1 aromatic heterocycles. The van der Waals surface area contributed by atoms with Crippen LogP contribution in [-0.4, -0.2) is 4.98 Å². The van der Waals surface area contributed by atoms with Gasteiger partial charge in [0.1, 0.15) is 0 Å². The molecule has 0 atom stereocenters. The zero-order chi connectivity index (χ0) is 11.3. The molecule has 0 spiro atoms. The van der Waals surface area contributed by atoms with Gasteiger partial charge in [-0.1, -0.05) is 25.3 Å². The first kappa shape index (κ1) is 11.2. The van der Waals surface area contributed by atoms with Gasteiger partial charge in [-0.25, -0.2) is 0 Å². The fraction of sp³-hybridized carbons (Fsp3) is 0.0833. The van der Waals surface area contributed by atoms with E-state index in [4.69, 9.17) is 5.73 Å². The highest BCUT2D eigenvalue weighted by Crippen LogP contribution is 2.06. The minimum atomic E-state index is -0.0674. The topological polar surface area (TPSA) is 58.9 Å². The Kier molecular flexibility index (Phi) is 3.83. The number of pyridine rings is 1. The van der Waals surface area contributed by atoms with Crippen molar-refractivity contribution in [1.82, 2.24) is 4.98 Å². The second-order valence-electron chi connectivity index (χ2n) is 2.99. The molecule has 1 rings (SSSR count). The van der Waals surface area contributed by atoms with Gasteiger partial charge in [0.2, 0.25) is 0 Å². The highest BCUT2D eigenvalue weighted by atomic mass is 16.1. The van der Waals surface area contributed by atoms with Crippen molar-refractivity contribution in [3.05, 3.63) is 58.6 Å². The third-order valence-electron chi connectivity index (χ3n) is 1.98. The molecule has 0 fully saturated rings. The van der Waals surface area contributed by atoms with E-state index in [9.17, 15) is 4.79 Å². The second-order valence-corrected chi connectivity index (χ2v) is 2.99. The first-order valence-corrected chi connectivity index (χ1v) is 4.60. The maximum atomic E-state index is 11.7. The number of aromatic amines is 1. The van der Waals surface area contributed by atoms with Crippen molar-refractivity contribution in [2.24, 2.45) is 5.73 Å². The van der Waals surface area contributed by atoms with E-state index in [0.717, 1.165) is 0 Å². The number of nitrogens with one attached hydrogen (secondary N) is 1. The molecule has 15 heavy (non-hydrogen) atoms. The zero-order valence-corrected chi connectivity index (χ0v) is 8.49. The van der Waals surface area contributed by atoms with Crippen LogP contribution in [0.25, 0.3) is 12.2 Å². The van der Waals surface area contributed by atoms with Crippen LogP contribution in [0, 0.1) is 0 Å². The summed E-state index contributed by atoms with van der Waals surface area (Å²) in [6.07, 6.45) is 6.62. The predicted octanol–water partition coefficient (Wildman–Crippen LogP) is 1.68. The van der Waals surface area contributed by atoms with Crippen LogP contribution in [0.3, 0.4) is 0 Å². The van der Waals surface area contributed by atoms with E-state index in [2.05, 4.69) is 18.1 Å². The summed E-state index contributed by atoms with van der Waals surface area (Å²) in [6.45, 7) is 7.50. The van der Waals surface area contributed by atoms with Crippen molar-refractivity contribution in [3.8, 4) is 0 Å². The molecular formula is C12H14N2O. The molecular weight excluding hydrogens is 188 g/mol. The molecule has 0 amide bonds. The number of rotatable bonds is 4. The number of aromatic nitrogens is 1. The van der Waals surface area contributed by atoms with Gasteiger partial charge in [-0.15, -0.1) is 0 Å². The molecule has 3 N–H and O–H groups in total. The summed E-state index contributed by atoms with van der Waals surface area (Å²) in [5, 5.41) is 0. The summed E-state index contributed by atoms with van der Waals surface area (Å²) in [4.78, 5) is 14.7. The molecule has 1 aromatic rings. The number of hydrogen-bond donors (Lipinski definition) is 2. The molecule has 0 saturated heterocycles. The van der Waals surface area contributed by atoms with Gasteiger partial charge in [-0.3, -0.25) is 4.79 Å². The van der Waals surface area contributed by atoms with Crippen molar-refractivity contribution in [1.29, 1.82) is 0 Å². The van der Waals surface area contributed by atoms with Gasteiger partial charge in [0, 0.05) is 29.6 Å². The van der Waals surface area contributed by atoms with E-state index >= 15 is 0 Å². The highest BCUT2D eigenvalue weighted by Gasteiger charge is 2.03. The van der Waals surface area contributed by atoms with Crippen LogP contribution >= 0.6 is 0 Å². The van der Waals surface area contributed by atoms with Gasteiger partial charge in [-0.2, -0.15) is 0 Å². The Morgan fingerprint density at radius 2 is 2.20 bits per heavy atom. The summed E-state index contributed by atoms with van der Waals surface area (Å²) in [6, 6.07) is 1.50. The van der Waals surface area contributed by atoms with E-state index in [0.29, 0.717) is 23.5 Å². The average molecular weight is 202 g/mol. The molecule has 0 radical (unpaired) electrons. The standard InChI is InChI=1S/C12H14N2O/c1-3-5-6-10-11(4-2)14-9(8-13)7-12(10)15/h3-7H,1-2,8,13H2,(H,14,15)/b6-5-. The monoisotopic (exact) mass is 202 g/mol. The van der Waals surface area contributed by atoms with E-state index in [1.165, 1.54) is 6.07 Å². The lowest BCUT2D eigenvalue weighted by Crippen LogP contribution is -2.12. The number of hydrogen-bond acceptors (Lipinski definition) is 2. The molecule has 78 valence electrons. The third-order valence-corrected chi connectivity index (χ3v) is 1.98. The van der Waals surface area contributed by atoms with Crippen LogP contribution in [0.4, 0.5) is 0 Å². The lowest BCUT2D eigenvalue weighted by atomic mass is 10.1. The van der Waals surface area contributed by atoms with E-state index in [-0.39, 0.29) is 5.43 Å². The van der Waals surface area contributed by atoms with E-state index in [1.807, 2.05) is 0 Å². The largest absolute Gasteiger partial charge is 0.357 e. The maximum absolute atomic E-state index is 11.7. The fourth-order valence-electron chi connectivity index (χ4n) is 1.25. The quantitative estimate of drug-likeness (QED) is 0.730. The minimum absolute atomic E-state index is 0.0674. The van der Waals surface area contributed by atoms with Crippen LogP contribution in [0.5, 0.6) is 0 Å². The van der Waals surface area contributed by atoms with Crippen LogP contribution in [0.1, 0.15) is 17.0 Å². The van der Waals surface area contributed by atoms with E-state index in [1.54, 1.807) is 24.3 Å². The molecule has 0 bridgehead atoms. The number of nitrogens with two attached hydrogens (primary N) is 1. The average Bonchev–Trinajstić information content (AvgIpc) is 2.26.